The first-order valence-corrected chi connectivity index (χ1v) is 6.13. The summed E-state index contributed by atoms with van der Waals surface area (Å²) in [6.45, 7) is 4.67. The molecule has 0 aliphatic carbocycles. The van der Waals surface area contributed by atoms with Crippen LogP contribution in [0.3, 0.4) is 0 Å². The Hall–Kier alpha value is -1.68. The van der Waals surface area contributed by atoms with Crippen molar-refractivity contribution >= 4 is 0 Å². The summed E-state index contributed by atoms with van der Waals surface area (Å²) < 4.78 is 15.5. The number of hydrogen-bond acceptors (Lipinski definition) is 2. The molecule has 1 aromatic carbocycles. The standard InChI is InChI=1S/C14H18FN3/c1-3-18-7-6-17-14(18)9-13(16)11-5-4-10(2)12(15)8-11/h4-8,13H,3,9,16H2,1-2H3. The van der Waals surface area contributed by atoms with Crippen LogP contribution in [-0.4, -0.2) is 9.55 Å². The van der Waals surface area contributed by atoms with Crippen LogP contribution in [0.15, 0.2) is 30.6 Å². The molecule has 1 heterocycles. The number of hydrogen-bond donors (Lipinski definition) is 1. The van der Waals surface area contributed by atoms with Gasteiger partial charge in [0.25, 0.3) is 0 Å². The smallest absolute Gasteiger partial charge is 0.126 e. The average Bonchev–Trinajstić information content (AvgIpc) is 2.79. The molecule has 18 heavy (non-hydrogen) atoms. The fourth-order valence-corrected chi connectivity index (χ4v) is 1.97. The van der Waals surface area contributed by atoms with E-state index in [0.29, 0.717) is 12.0 Å². The topological polar surface area (TPSA) is 43.8 Å². The van der Waals surface area contributed by atoms with Crippen molar-refractivity contribution in [1.29, 1.82) is 0 Å². The SMILES string of the molecule is CCn1ccnc1CC(N)c1ccc(C)c(F)c1. The fourth-order valence-electron chi connectivity index (χ4n) is 1.97. The van der Waals surface area contributed by atoms with Crippen LogP contribution in [-0.2, 0) is 13.0 Å². The molecular formula is C14H18FN3. The van der Waals surface area contributed by atoms with Gasteiger partial charge in [-0.3, -0.25) is 0 Å². The first-order chi connectivity index (χ1) is 8.61. The number of nitrogens with zero attached hydrogens (tertiary/aromatic N) is 2. The van der Waals surface area contributed by atoms with E-state index in [0.717, 1.165) is 17.9 Å². The lowest BCUT2D eigenvalue weighted by Crippen LogP contribution is -2.16. The summed E-state index contributed by atoms with van der Waals surface area (Å²) in [6, 6.07) is 4.92. The van der Waals surface area contributed by atoms with Crippen LogP contribution in [0.5, 0.6) is 0 Å². The Kier molecular flexibility index (Phi) is 3.77. The maximum atomic E-state index is 13.5. The van der Waals surface area contributed by atoms with Gasteiger partial charge in [-0.25, -0.2) is 9.37 Å². The van der Waals surface area contributed by atoms with Gasteiger partial charge in [-0.1, -0.05) is 12.1 Å². The minimum absolute atomic E-state index is 0.207. The van der Waals surface area contributed by atoms with E-state index in [9.17, 15) is 4.39 Å². The van der Waals surface area contributed by atoms with Gasteiger partial charge >= 0.3 is 0 Å². The van der Waals surface area contributed by atoms with Crippen molar-refractivity contribution in [2.45, 2.75) is 32.9 Å². The summed E-state index contributed by atoms with van der Waals surface area (Å²) in [5.41, 5.74) is 7.56. The molecule has 0 spiro atoms. The Labute approximate surface area is 106 Å². The third-order valence-corrected chi connectivity index (χ3v) is 3.17. The van der Waals surface area contributed by atoms with E-state index in [2.05, 4.69) is 11.9 Å². The zero-order valence-corrected chi connectivity index (χ0v) is 10.7. The zero-order valence-electron chi connectivity index (χ0n) is 10.7. The second kappa shape index (κ2) is 5.31. The molecule has 0 fully saturated rings. The van der Waals surface area contributed by atoms with E-state index in [-0.39, 0.29) is 11.9 Å². The molecule has 0 bridgehead atoms. The zero-order chi connectivity index (χ0) is 13.1. The van der Waals surface area contributed by atoms with E-state index in [1.807, 2.05) is 16.8 Å². The summed E-state index contributed by atoms with van der Waals surface area (Å²) in [4.78, 5) is 4.28. The van der Waals surface area contributed by atoms with Crippen LogP contribution in [0, 0.1) is 12.7 Å². The Morgan fingerprint density at radius 3 is 2.89 bits per heavy atom. The van der Waals surface area contributed by atoms with E-state index in [1.54, 1.807) is 19.2 Å². The lowest BCUT2D eigenvalue weighted by Gasteiger charge is -2.13. The van der Waals surface area contributed by atoms with E-state index in [4.69, 9.17) is 5.73 Å². The molecule has 1 atom stereocenters. The number of aromatic nitrogens is 2. The summed E-state index contributed by atoms with van der Waals surface area (Å²) >= 11 is 0. The third kappa shape index (κ3) is 2.59. The molecule has 0 saturated heterocycles. The average molecular weight is 247 g/mol. The molecule has 1 unspecified atom stereocenters. The van der Waals surface area contributed by atoms with E-state index < -0.39 is 0 Å². The summed E-state index contributed by atoms with van der Waals surface area (Å²) in [6.07, 6.45) is 4.31. The second-order valence-electron chi connectivity index (χ2n) is 4.45. The van der Waals surface area contributed by atoms with Crippen LogP contribution in [0.2, 0.25) is 0 Å². The first kappa shape index (κ1) is 12.8. The van der Waals surface area contributed by atoms with Crippen LogP contribution < -0.4 is 5.73 Å². The highest BCUT2D eigenvalue weighted by atomic mass is 19.1. The maximum Gasteiger partial charge on any atom is 0.126 e. The van der Waals surface area contributed by atoms with Gasteiger partial charge in [0, 0.05) is 31.4 Å². The highest BCUT2D eigenvalue weighted by Crippen LogP contribution is 2.18. The fraction of sp³-hybridized carbons (Fsp3) is 0.357. The van der Waals surface area contributed by atoms with Crippen molar-refractivity contribution < 1.29 is 4.39 Å². The highest BCUT2D eigenvalue weighted by molar-refractivity contribution is 5.26. The molecule has 0 saturated carbocycles. The monoisotopic (exact) mass is 247 g/mol. The van der Waals surface area contributed by atoms with Crippen LogP contribution in [0.1, 0.15) is 29.9 Å². The lowest BCUT2D eigenvalue weighted by atomic mass is 10.0. The molecule has 1 aromatic heterocycles. The molecule has 2 rings (SSSR count). The largest absolute Gasteiger partial charge is 0.335 e. The number of benzene rings is 1. The Morgan fingerprint density at radius 1 is 1.44 bits per heavy atom. The molecule has 96 valence electrons. The van der Waals surface area contributed by atoms with Crippen molar-refractivity contribution in [2.24, 2.45) is 5.73 Å². The second-order valence-corrected chi connectivity index (χ2v) is 4.45. The van der Waals surface area contributed by atoms with Gasteiger partial charge in [-0.15, -0.1) is 0 Å². The molecule has 2 N–H and O–H groups in total. The van der Waals surface area contributed by atoms with E-state index >= 15 is 0 Å². The molecular weight excluding hydrogens is 229 g/mol. The van der Waals surface area contributed by atoms with Crippen LogP contribution in [0.4, 0.5) is 4.39 Å². The number of rotatable bonds is 4. The van der Waals surface area contributed by atoms with Crippen molar-refractivity contribution in [2.75, 3.05) is 0 Å². The number of aryl methyl sites for hydroxylation is 2. The van der Waals surface area contributed by atoms with Crippen molar-refractivity contribution in [1.82, 2.24) is 9.55 Å². The van der Waals surface area contributed by atoms with E-state index in [1.165, 1.54) is 6.07 Å². The number of imidazole rings is 1. The number of halogens is 1. The minimum Gasteiger partial charge on any atom is -0.335 e. The normalized spacial score (nSPS) is 12.7. The van der Waals surface area contributed by atoms with Crippen molar-refractivity contribution in [3.8, 4) is 0 Å². The van der Waals surface area contributed by atoms with Crippen LogP contribution in [0.25, 0.3) is 0 Å². The van der Waals surface area contributed by atoms with Crippen molar-refractivity contribution in [3.63, 3.8) is 0 Å². The van der Waals surface area contributed by atoms with Gasteiger partial charge in [0.05, 0.1) is 0 Å². The summed E-state index contributed by atoms with van der Waals surface area (Å²) in [7, 11) is 0. The molecule has 4 heteroatoms. The summed E-state index contributed by atoms with van der Waals surface area (Å²) in [5, 5.41) is 0. The highest BCUT2D eigenvalue weighted by Gasteiger charge is 2.12. The molecule has 0 amide bonds. The van der Waals surface area contributed by atoms with Crippen molar-refractivity contribution in [3.05, 3.63) is 53.4 Å². The van der Waals surface area contributed by atoms with Gasteiger partial charge in [0.1, 0.15) is 11.6 Å². The Morgan fingerprint density at radius 2 is 2.22 bits per heavy atom. The number of nitrogens with two attached hydrogens (primary N) is 1. The molecule has 3 nitrogen and oxygen atoms in total. The predicted octanol–water partition coefficient (Wildman–Crippen LogP) is 2.59. The van der Waals surface area contributed by atoms with Gasteiger partial charge in [-0.2, -0.15) is 0 Å². The third-order valence-electron chi connectivity index (χ3n) is 3.17. The molecule has 2 aromatic rings. The molecule has 0 aliphatic rings. The van der Waals surface area contributed by atoms with Gasteiger partial charge in [0.15, 0.2) is 0 Å². The molecule has 0 aliphatic heterocycles. The Bertz CT molecular complexity index is 534. The minimum atomic E-state index is -0.229. The van der Waals surface area contributed by atoms with Gasteiger partial charge in [0.2, 0.25) is 0 Å². The summed E-state index contributed by atoms with van der Waals surface area (Å²) in [5.74, 6) is 0.729. The van der Waals surface area contributed by atoms with Gasteiger partial charge < -0.3 is 10.3 Å². The van der Waals surface area contributed by atoms with Gasteiger partial charge in [-0.05, 0) is 31.0 Å². The lowest BCUT2D eigenvalue weighted by molar-refractivity contribution is 0.599. The quantitative estimate of drug-likeness (QED) is 0.902. The van der Waals surface area contributed by atoms with Crippen LogP contribution >= 0.6 is 0 Å². The maximum absolute atomic E-state index is 13.5. The predicted molar refractivity (Wildman–Crippen MR) is 69.7 cm³/mol. The first-order valence-electron chi connectivity index (χ1n) is 6.13. The Balaban J connectivity index is 2.16. The molecule has 0 radical (unpaired) electrons.